The molecule has 1 spiro atoms. The molecule has 3 unspecified atom stereocenters. The van der Waals surface area contributed by atoms with Crippen LogP contribution in [0.15, 0.2) is 18.2 Å². The van der Waals surface area contributed by atoms with E-state index in [0.717, 1.165) is 37.2 Å². The third-order valence-electron chi connectivity index (χ3n) is 4.25. The first kappa shape index (κ1) is 15.5. The van der Waals surface area contributed by atoms with E-state index in [9.17, 15) is 5.11 Å². The summed E-state index contributed by atoms with van der Waals surface area (Å²) < 4.78 is 12.1. The molecule has 116 valence electrons. The largest absolute Gasteiger partial charge is 0.489 e. The molecule has 0 bridgehead atoms. The van der Waals surface area contributed by atoms with Crippen LogP contribution in [0.25, 0.3) is 0 Å². The van der Waals surface area contributed by atoms with Crippen molar-refractivity contribution in [2.45, 2.75) is 44.0 Å². The highest BCUT2D eigenvalue weighted by atomic mass is 35.5. The monoisotopic (exact) mass is 328 g/mol. The van der Waals surface area contributed by atoms with E-state index in [1.54, 1.807) is 13.0 Å². The molecule has 0 aromatic heterocycles. The van der Waals surface area contributed by atoms with Gasteiger partial charge in [0.15, 0.2) is 0 Å². The Bertz CT molecular complexity index is 500. The second kappa shape index (κ2) is 6.37. The predicted octanol–water partition coefficient (Wildman–Crippen LogP) is 3.83. The van der Waals surface area contributed by atoms with E-state index in [1.807, 2.05) is 23.9 Å². The molecular weight excluding hydrogens is 308 g/mol. The maximum absolute atomic E-state index is 9.58. The van der Waals surface area contributed by atoms with Crippen molar-refractivity contribution in [3.8, 4) is 5.75 Å². The molecule has 0 aliphatic carbocycles. The third kappa shape index (κ3) is 3.50. The van der Waals surface area contributed by atoms with Crippen molar-refractivity contribution >= 4 is 23.4 Å². The van der Waals surface area contributed by atoms with Gasteiger partial charge in [-0.1, -0.05) is 17.7 Å². The SMILES string of the molecule is CC(O)c1ccc(OC2CCOC3(CCSC3)C2)c(Cl)c1. The van der Waals surface area contributed by atoms with Crippen LogP contribution in [0.2, 0.25) is 5.02 Å². The number of halogens is 1. The van der Waals surface area contributed by atoms with Gasteiger partial charge >= 0.3 is 0 Å². The summed E-state index contributed by atoms with van der Waals surface area (Å²) in [5, 5.41) is 10.1. The van der Waals surface area contributed by atoms with Crippen molar-refractivity contribution in [2.24, 2.45) is 0 Å². The van der Waals surface area contributed by atoms with E-state index in [1.165, 1.54) is 5.75 Å². The molecule has 3 atom stereocenters. The summed E-state index contributed by atoms with van der Waals surface area (Å²) in [4.78, 5) is 0. The van der Waals surface area contributed by atoms with Crippen LogP contribution in [0.4, 0.5) is 0 Å². The Labute approximate surface area is 135 Å². The van der Waals surface area contributed by atoms with Gasteiger partial charge in [-0.05, 0) is 36.8 Å². The van der Waals surface area contributed by atoms with Gasteiger partial charge in [-0.15, -0.1) is 0 Å². The van der Waals surface area contributed by atoms with Gasteiger partial charge in [0.05, 0.1) is 23.3 Å². The van der Waals surface area contributed by atoms with E-state index in [4.69, 9.17) is 21.1 Å². The quantitative estimate of drug-likeness (QED) is 0.915. The van der Waals surface area contributed by atoms with E-state index in [2.05, 4.69) is 0 Å². The fourth-order valence-electron chi connectivity index (χ4n) is 3.00. The maximum atomic E-state index is 9.58. The lowest BCUT2D eigenvalue weighted by atomic mass is 9.91. The van der Waals surface area contributed by atoms with Crippen molar-refractivity contribution in [3.63, 3.8) is 0 Å². The summed E-state index contributed by atoms with van der Waals surface area (Å²) in [5.41, 5.74) is 0.822. The lowest BCUT2D eigenvalue weighted by molar-refractivity contribution is -0.0958. The normalized spacial score (nSPS) is 30.5. The molecule has 21 heavy (non-hydrogen) atoms. The number of rotatable bonds is 3. The summed E-state index contributed by atoms with van der Waals surface area (Å²) in [6.45, 7) is 2.49. The molecule has 1 N–H and O–H groups in total. The molecular formula is C16H21ClO3S. The van der Waals surface area contributed by atoms with Gasteiger partial charge in [-0.25, -0.2) is 0 Å². The number of aliphatic hydroxyl groups excluding tert-OH is 1. The molecule has 0 amide bonds. The first-order valence-corrected chi connectivity index (χ1v) is 8.97. The number of aliphatic hydroxyl groups is 1. The first-order valence-electron chi connectivity index (χ1n) is 7.44. The number of thioether (sulfide) groups is 1. The maximum Gasteiger partial charge on any atom is 0.138 e. The van der Waals surface area contributed by atoms with E-state index in [0.29, 0.717) is 10.8 Å². The average molecular weight is 329 g/mol. The molecule has 2 saturated heterocycles. The molecule has 3 rings (SSSR count). The summed E-state index contributed by atoms with van der Waals surface area (Å²) in [6.07, 6.45) is 2.60. The Balaban J connectivity index is 1.68. The zero-order chi connectivity index (χ0) is 14.9. The molecule has 0 saturated carbocycles. The lowest BCUT2D eigenvalue weighted by Gasteiger charge is -2.37. The Kier molecular flexibility index (Phi) is 4.69. The van der Waals surface area contributed by atoms with E-state index >= 15 is 0 Å². The van der Waals surface area contributed by atoms with E-state index in [-0.39, 0.29) is 11.7 Å². The molecule has 5 heteroatoms. The Morgan fingerprint density at radius 3 is 3.05 bits per heavy atom. The second-order valence-corrected chi connectivity index (χ2v) is 7.44. The van der Waals surface area contributed by atoms with Crippen LogP contribution in [-0.2, 0) is 4.74 Å². The summed E-state index contributed by atoms with van der Waals surface area (Å²) in [7, 11) is 0. The minimum absolute atomic E-state index is 0.0135. The molecule has 2 heterocycles. The Hall–Kier alpha value is -0.420. The van der Waals surface area contributed by atoms with Gasteiger partial charge in [-0.2, -0.15) is 11.8 Å². The van der Waals surface area contributed by atoms with Crippen LogP contribution in [0, 0.1) is 0 Å². The number of ether oxygens (including phenoxy) is 2. The highest BCUT2D eigenvalue weighted by Gasteiger charge is 2.41. The Morgan fingerprint density at radius 2 is 2.38 bits per heavy atom. The smallest absolute Gasteiger partial charge is 0.138 e. The van der Waals surface area contributed by atoms with Crippen molar-refractivity contribution in [2.75, 3.05) is 18.1 Å². The van der Waals surface area contributed by atoms with Gasteiger partial charge in [0.25, 0.3) is 0 Å². The first-order chi connectivity index (χ1) is 10.1. The molecule has 0 radical (unpaired) electrons. The summed E-state index contributed by atoms with van der Waals surface area (Å²) in [5.74, 6) is 2.95. The molecule has 1 aromatic rings. The van der Waals surface area contributed by atoms with Gasteiger partial charge in [0, 0.05) is 18.6 Å². The van der Waals surface area contributed by atoms with Crippen molar-refractivity contribution in [1.82, 2.24) is 0 Å². The number of hydrogen-bond donors (Lipinski definition) is 1. The topological polar surface area (TPSA) is 38.7 Å². The molecule has 1 aromatic carbocycles. The summed E-state index contributed by atoms with van der Waals surface area (Å²) >= 11 is 8.23. The Morgan fingerprint density at radius 1 is 1.52 bits per heavy atom. The van der Waals surface area contributed by atoms with E-state index < -0.39 is 6.10 Å². The van der Waals surface area contributed by atoms with Crippen LogP contribution in [-0.4, -0.2) is 34.9 Å². The molecule has 2 aliphatic heterocycles. The minimum atomic E-state index is -0.515. The van der Waals surface area contributed by atoms with Gasteiger partial charge < -0.3 is 14.6 Å². The fourth-order valence-corrected chi connectivity index (χ4v) is 4.61. The highest BCUT2D eigenvalue weighted by molar-refractivity contribution is 7.99. The van der Waals surface area contributed by atoms with Crippen molar-refractivity contribution in [1.29, 1.82) is 0 Å². The predicted molar refractivity (Wildman–Crippen MR) is 86.4 cm³/mol. The van der Waals surface area contributed by atoms with Gasteiger partial charge in [0.1, 0.15) is 11.9 Å². The van der Waals surface area contributed by atoms with Crippen molar-refractivity contribution in [3.05, 3.63) is 28.8 Å². The summed E-state index contributed by atoms with van der Waals surface area (Å²) in [6, 6.07) is 5.50. The minimum Gasteiger partial charge on any atom is -0.489 e. The van der Waals surface area contributed by atoms with Crippen LogP contribution in [0.5, 0.6) is 5.75 Å². The van der Waals surface area contributed by atoms with Crippen LogP contribution in [0.1, 0.15) is 37.9 Å². The number of hydrogen-bond acceptors (Lipinski definition) is 4. The zero-order valence-electron chi connectivity index (χ0n) is 12.2. The lowest BCUT2D eigenvalue weighted by Crippen LogP contribution is -2.43. The molecule has 2 fully saturated rings. The standard InChI is InChI=1S/C16H21ClO3S/c1-11(18)12-2-3-15(14(17)8-12)20-13-4-6-19-16(9-13)5-7-21-10-16/h2-3,8,11,13,18H,4-7,9-10H2,1H3. The van der Waals surface area contributed by atoms with Gasteiger partial charge in [0.2, 0.25) is 0 Å². The fraction of sp³-hybridized carbons (Fsp3) is 0.625. The van der Waals surface area contributed by atoms with Crippen LogP contribution >= 0.6 is 23.4 Å². The van der Waals surface area contributed by atoms with Crippen molar-refractivity contribution < 1.29 is 14.6 Å². The third-order valence-corrected chi connectivity index (χ3v) is 5.77. The molecule has 2 aliphatic rings. The van der Waals surface area contributed by atoms with Crippen LogP contribution < -0.4 is 4.74 Å². The molecule has 3 nitrogen and oxygen atoms in total. The average Bonchev–Trinajstić information content (AvgIpc) is 2.89. The number of benzene rings is 1. The second-order valence-electron chi connectivity index (χ2n) is 5.93. The highest BCUT2D eigenvalue weighted by Crippen LogP contribution is 2.40. The van der Waals surface area contributed by atoms with Crippen LogP contribution in [0.3, 0.4) is 0 Å². The van der Waals surface area contributed by atoms with Gasteiger partial charge in [-0.3, -0.25) is 0 Å². The zero-order valence-corrected chi connectivity index (χ0v) is 13.8.